The van der Waals surface area contributed by atoms with Crippen LogP contribution in [0.25, 0.3) is 10.9 Å². The van der Waals surface area contributed by atoms with Gasteiger partial charge < -0.3 is 20.3 Å². The zero-order valence-electron chi connectivity index (χ0n) is 28.7. The lowest BCUT2D eigenvalue weighted by Crippen LogP contribution is -2.68. The summed E-state index contributed by atoms with van der Waals surface area (Å²) in [5.74, 6) is 2.37. The highest BCUT2D eigenvalue weighted by Crippen LogP contribution is 2.62. The number of aryl methyl sites for hydroxylation is 2. The zero-order valence-corrected chi connectivity index (χ0v) is 28.7. The number of nitrogens with one attached hydrogen (secondary N) is 3. The fourth-order valence-corrected chi connectivity index (χ4v) is 9.27. The molecular formula is C37H51FN6O2. The number of guanidine groups is 1. The molecule has 8 nitrogen and oxygen atoms in total. The summed E-state index contributed by atoms with van der Waals surface area (Å²) in [6.07, 6.45) is 6.22. The van der Waals surface area contributed by atoms with E-state index in [0.29, 0.717) is 70.4 Å². The third-order valence-electron chi connectivity index (χ3n) is 11.5. The minimum Gasteiger partial charge on any atom is -0.497 e. The van der Waals surface area contributed by atoms with Crippen molar-refractivity contribution in [2.75, 3.05) is 12.4 Å². The van der Waals surface area contributed by atoms with Gasteiger partial charge in [-0.15, -0.1) is 0 Å². The van der Waals surface area contributed by atoms with Crippen molar-refractivity contribution in [3.05, 3.63) is 64.5 Å². The Balaban J connectivity index is 1.23. The molecule has 2 bridgehead atoms. The number of fused-ring (bicyclic) bond motifs is 3. The number of rotatable bonds is 7. The average molecular weight is 631 g/mol. The minimum atomic E-state index is -0.353. The second kappa shape index (κ2) is 11.7. The monoisotopic (exact) mass is 630 g/mol. The Morgan fingerprint density at radius 1 is 1.11 bits per heavy atom. The van der Waals surface area contributed by atoms with Crippen molar-refractivity contribution in [3.8, 4) is 5.75 Å². The summed E-state index contributed by atoms with van der Waals surface area (Å²) in [4.78, 5) is 20.4. The molecule has 3 aliphatic carbocycles. The molecule has 0 spiro atoms. The second-order valence-corrected chi connectivity index (χ2v) is 16.0. The maximum absolute atomic E-state index is 14.5. The highest BCUT2D eigenvalue weighted by atomic mass is 19.1. The van der Waals surface area contributed by atoms with E-state index in [1.807, 2.05) is 12.1 Å². The predicted octanol–water partition coefficient (Wildman–Crippen LogP) is 6.82. The Morgan fingerprint density at radius 3 is 2.46 bits per heavy atom. The van der Waals surface area contributed by atoms with Gasteiger partial charge in [-0.25, -0.2) is 9.37 Å². The number of hydrogen-bond acceptors (Lipinski definition) is 5. The van der Waals surface area contributed by atoms with E-state index in [4.69, 9.17) is 4.74 Å². The number of nitrogens with zero attached hydrogens (tertiary/aromatic N) is 3. The molecule has 2 heterocycles. The topological polar surface area (TPSA) is 95.3 Å². The molecular weight excluding hydrogens is 579 g/mol. The number of benzene rings is 2. The second-order valence-electron chi connectivity index (χ2n) is 16.0. The first-order chi connectivity index (χ1) is 21.6. The normalized spacial score (nSPS) is 26.3. The first-order valence-corrected chi connectivity index (χ1v) is 16.8. The van der Waals surface area contributed by atoms with Crippen molar-refractivity contribution in [2.45, 2.75) is 110 Å². The summed E-state index contributed by atoms with van der Waals surface area (Å²) in [6.45, 7) is 16.7. The van der Waals surface area contributed by atoms with Gasteiger partial charge in [-0.05, 0) is 113 Å². The van der Waals surface area contributed by atoms with Crippen LogP contribution >= 0.6 is 0 Å². The maximum Gasteiger partial charge on any atom is 0.261 e. The standard InChI is InChI=1S/C37H51FN6O2/c1-22-29-15-24(37(29,6)7)16-32(22)44(26-19-35(2,3)42-36(4,5)20-26)34(39)41-25-10-12-28-31(17-25)40-21-43(33(28)45)14-13-23-9-11-27(46-8)18-30(23)38/h9-12,17-18,21-22,24,26,29,32,42H,13-16,19-20H2,1-8H3,(H2,39,41)/t22-,24-,29+,32-/m0/s1. The van der Waals surface area contributed by atoms with E-state index in [9.17, 15) is 14.6 Å². The Hall–Kier alpha value is -3.46. The Kier molecular flexibility index (Phi) is 8.23. The van der Waals surface area contributed by atoms with Crippen molar-refractivity contribution >= 4 is 22.5 Å². The molecule has 9 heteroatoms. The molecule has 248 valence electrons. The number of anilines is 1. The number of hydrogen-bond donors (Lipinski definition) is 3. The van der Waals surface area contributed by atoms with Gasteiger partial charge >= 0.3 is 0 Å². The van der Waals surface area contributed by atoms with Crippen LogP contribution < -0.4 is 20.9 Å². The fraction of sp³-hybridized carbons (Fsp3) is 0.595. The third-order valence-corrected chi connectivity index (χ3v) is 11.5. The summed E-state index contributed by atoms with van der Waals surface area (Å²) < 4.78 is 21.1. The van der Waals surface area contributed by atoms with Crippen LogP contribution in [0.5, 0.6) is 5.75 Å². The zero-order chi connectivity index (χ0) is 33.2. The van der Waals surface area contributed by atoms with Gasteiger partial charge in [-0.1, -0.05) is 26.8 Å². The van der Waals surface area contributed by atoms with Crippen molar-refractivity contribution < 1.29 is 9.13 Å². The van der Waals surface area contributed by atoms with E-state index in [1.54, 1.807) is 18.2 Å². The van der Waals surface area contributed by atoms with Gasteiger partial charge in [0.05, 0.1) is 24.3 Å². The molecule has 3 saturated carbocycles. The van der Waals surface area contributed by atoms with E-state index in [0.717, 1.165) is 24.9 Å². The Bertz CT molecular complexity index is 1680. The summed E-state index contributed by atoms with van der Waals surface area (Å²) in [6, 6.07) is 10.8. The molecule has 7 rings (SSSR count). The quantitative estimate of drug-likeness (QED) is 0.196. The summed E-state index contributed by atoms with van der Waals surface area (Å²) in [5.41, 5.74) is 1.94. The molecule has 1 aliphatic heterocycles. The molecule has 0 radical (unpaired) electrons. The van der Waals surface area contributed by atoms with Gasteiger partial charge in [0.25, 0.3) is 5.56 Å². The van der Waals surface area contributed by atoms with E-state index >= 15 is 0 Å². The SMILES string of the molecule is COc1ccc(CCn2cnc3cc(NC(=N)N(C4CC(C)(C)NC(C)(C)C4)[C@H]4C[C@@H]5C[C@H]([C@@H]4C)C5(C)C)ccc3c2=O)c(F)c1. The van der Waals surface area contributed by atoms with Crippen LogP contribution in [-0.2, 0) is 13.0 Å². The van der Waals surface area contributed by atoms with Crippen molar-refractivity contribution in [1.29, 1.82) is 5.41 Å². The smallest absolute Gasteiger partial charge is 0.261 e. The van der Waals surface area contributed by atoms with Gasteiger partial charge in [0, 0.05) is 41.5 Å². The maximum atomic E-state index is 14.5. The van der Waals surface area contributed by atoms with E-state index < -0.39 is 0 Å². The van der Waals surface area contributed by atoms with E-state index in [1.165, 1.54) is 30.5 Å². The summed E-state index contributed by atoms with van der Waals surface area (Å²) in [7, 11) is 1.50. The molecule has 46 heavy (non-hydrogen) atoms. The average Bonchev–Trinajstić information content (AvgIpc) is 2.96. The largest absolute Gasteiger partial charge is 0.497 e. The molecule has 4 atom stereocenters. The molecule has 3 aromatic rings. The third kappa shape index (κ3) is 6.03. The van der Waals surface area contributed by atoms with E-state index in [2.05, 4.69) is 69.0 Å². The molecule has 2 aromatic carbocycles. The number of piperidine rings is 1. The van der Waals surface area contributed by atoms with Gasteiger partial charge in [-0.2, -0.15) is 0 Å². The first-order valence-electron chi connectivity index (χ1n) is 16.8. The number of aromatic nitrogens is 2. The van der Waals surface area contributed by atoms with Crippen molar-refractivity contribution in [3.63, 3.8) is 0 Å². The number of halogens is 1. The lowest BCUT2D eigenvalue weighted by molar-refractivity contribution is -0.136. The van der Waals surface area contributed by atoms with Crippen LogP contribution in [0.2, 0.25) is 0 Å². The van der Waals surface area contributed by atoms with Crippen molar-refractivity contribution in [2.24, 2.45) is 23.2 Å². The summed E-state index contributed by atoms with van der Waals surface area (Å²) in [5, 5.41) is 17.3. The van der Waals surface area contributed by atoms with Crippen LogP contribution in [0.15, 0.2) is 47.5 Å². The van der Waals surface area contributed by atoms with Crippen LogP contribution in [0, 0.1) is 34.4 Å². The minimum absolute atomic E-state index is 0.0447. The van der Waals surface area contributed by atoms with Crippen LogP contribution in [-0.4, -0.2) is 50.7 Å². The van der Waals surface area contributed by atoms with Crippen LogP contribution in [0.1, 0.15) is 79.7 Å². The molecule has 4 fully saturated rings. The molecule has 0 amide bonds. The highest BCUT2D eigenvalue weighted by Gasteiger charge is 2.58. The Labute approximate surface area is 272 Å². The fourth-order valence-electron chi connectivity index (χ4n) is 9.27. The lowest BCUT2D eigenvalue weighted by atomic mass is 9.44. The first kappa shape index (κ1) is 32.5. The van der Waals surface area contributed by atoms with Crippen molar-refractivity contribution in [1.82, 2.24) is 19.8 Å². The van der Waals surface area contributed by atoms with Gasteiger partial charge in [-0.3, -0.25) is 14.8 Å². The summed E-state index contributed by atoms with van der Waals surface area (Å²) >= 11 is 0. The molecule has 1 aromatic heterocycles. The molecule has 1 saturated heterocycles. The molecule has 4 aliphatic rings. The predicted molar refractivity (Wildman–Crippen MR) is 183 cm³/mol. The van der Waals surface area contributed by atoms with E-state index in [-0.39, 0.29) is 28.5 Å². The molecule has 3 N–H and O–H groups in total. The van der Waals surface area contributed by atoms with Crippen LogP contribution in [0.3, 0.4) is 0 Å². The highest BCUT2D eigenvalue weighted by molar-refractivity contribution is 5.94. The Morgan fingerprint density at radius 2 is 1.83 bits per heavy atom. The lowest BCUT2D eigenvalue weighted by Gasteiger charge is -2.65. The van der Waals surface area contributed by atoms with Crippen LogP contribution in [0.4, 0.5) is 10.1 Å². The van der Waals surface area contributed by atoms with Gasteiger partial charge in [0.2, 0.25) is 0 Å². The van der Waals surface area contributed by atoms with Gasteiger partial charge in [0.1, 0.15) is 11.6 Å². The number of methoxy groups -OCH3 is 1. The molecule has 0 unspecified atom stereocenters. The van der Waals surface area contributed by atoms with Gasteiger partial charge in [0.15, 0.2) is 5.96 Å². The number of ether oxygens (including phenoxy) is 1.